The Morgan fingerprint density at radius 1 is 1.22 bits per heavy atom. The molecule has 10 heteroatoms. The second-order valence-corrected chi connectivity index (χ2v) is 8.43. The van der Waals surface area contributed by atoms with Crippen LogP contribution in [0.15, 0.2) is 73.9 Å². The van der Waals surface area contributed by atoms with E-state index in [9.17, 15) is 4.79 Å². The van der Waals surface area contributed by atoms with Gasteiger partial charge in [-0.2, -0.15) is 5.10 Å². The number of H-pyrrole nitrogens is 1. The number of thioether (sulfide) groups is 1. The molecule has 1 aliphatic rings. The molecule has 0 saturated heterocycles. The molecule has 0 aliphatic carbocycles. The van der Waals surface area contributed by atoms with Gasteiger partial charge in [0.25, 0.3) is 5.91 Å². The summed E-state index contributed by atoms with van der Waals surface area (Å²) in [6.45, 7) is 1.88. The molecular weight excluding hydrogens is 428 g/mol. The monoisotopic (exact) mass is 446 g/mol. The van der Waals surface area contributed by atoms with Crippen LogP contribution in [0, 0.1) is 6.92 Å². The fourth-order valence-electron chi connectivity index (χ4n) is 3.91. The van der Waals surface area contributed by atoms with E-state index in [1.807, 2.05) is 59.9 Å². The minimum absolute atomic E-state index is 0.143. The number of nitrogens with zero attached hydrogens (tertiary/aromatic N) is 5. The first-order chi connectivity index (χ1) is 15.7. The van der Waals surface area contributed by atoms with Crippen molar-refractivity contribution >= 4 is 40.2 Å². The number of nitrogens with one attached hydrogen (secondary N) is 1. The SMILES string of the molecule is Cc1ccc(C2=NN(C(=O)CSc3n[nH]c4nc5ccccc5n34)[C@H](c3ccco3)C2)o1. The largest absolute Gasteiger partial charge is 0.467 e. The zero-order valence-corrected chi connectivity index (χ0v) is 17.9. The number of hydrazone groups is 1. The first-order valence-corrected chi connectivity index (χ1v) is 11.1. The van der Waals surface area contributed by atoms with E-state index in [2.05, 4.69) is 20.3 Å². The number of aromatic amines is 1. The summed E-state index contributed by atoms with van der Waals surface area (Å²) >= 11 is 1.34. The zero-order chi connectivity index (χ0) is 21.7. The topological polar surface area (TPSA) is 105 Å². The molecule has 160 valence electrons. The van der Waals surface area contributed by atoms with E-state index in [1.54, 1.807) is 6.26 Å². The summed E-state index contributed by atoms with van der Waals surface area (Å²) in [6.07, 6.45) is 2.13. The zero-order valence-electron chi connectivity index (χ0n) is 17.1. The molecule has 5 aromatic rings. The number of fused-ring (bicyclic) bond motifs is 3. The number of rotatable bonds is 5. The molecule has 4 aromatic heterocycles. The lowest BCUT2D eigenvalue weighted by Gasteiger charge is -2.19. The first-order valence-electron chi connectivity index (χ1n) is 10.1. The van der Waals surface area contributed by atoms with Crippen LogP contribution in [0.3, 0.4) is 0 Å². The van der Waals surface area contributed by atoms with E-state index in [0.717, 1.165) is 22.5 Å². The number of carbonyl (C=O) groups excluding carboxylic acids is 1. The number of amides is 1. The third kappa shape index (κ3) is 3.11. The average molecular weight is 446 g/mol. The van der Waals surface area contributed by atoms with Crippen molar-refractivity contribution < 1.29 is 13.6 Å². The fourth-order valence-corrected chi connectivity index (χ4v) is 4.72. The van der Waals surface area contributed by atoms with E-state index in [0.29, 0.717) is 28.9 Å². The summed E-state index contributed by atoms with van der Waals surface area (Å²) in [6, 6.07) is 14.9. The highest BCUT2D eigenvalue weighted by molar-refractivity contribution is 7.99. The van der Waals surface area contributed by atoms with Gasteiger partial charge >= 0.3 is 0 Å². The highest BCUT2D eigenvalue weighted by atomic mass is 32.2. The summed E-state index contributed by atoms with van der Waals surface area (Å²) in [4.78, 5) is 17.8. The van der Waals surface area contributed by atoms with Crippen molar-refractivity contribution in [2.45, 2.75) is 24.5 Å². The van der Waals surface area contributed by atoms with Crippen LogP contribution in [0.2, 0.25) is 0 Å². The molecule has 1 aliphatic heterocycles. The molecule has 32 heavy (non-hydrogen) atoms. The Hall–Kier alpha value is -3.79. The molecule has 9 nitrogen and oxygen atoms in total. The summed E-state index contributed by atoms with van der Waals surface area (Å²) in [7, 11) is 0. The molecule has 1 N–H and O–H groups in total. The normalized spacial score (nSPS) is 16.3. The molecule has 1 aromatic carbocycles. The number of imidazole rings is 1. The molecule has 0 radical (unpaired) electrons. The van der Waals surface area contributed by atoms with E-state index >= 15 is 0 Å². The van der Waals surface area contributed by atoms with Gasteiger partial charge in [0, 0.05) is 6.42 Å². The van der Waals surface area contributed by atoms with Gasteiger partial charge in [-0.1, -0.05) is 23.9 Å². The van der Waals surface area contributed by atoms with Gasteiger partial charge in [0.2, 0.25) is 5.78 Å². The molecule has 0 saturated carbocycles. The van der Waals surface area contributed by atoms with Crippen LogP contribution in [0.5, 0.6) is 0 Å². The molecule has 6 rings (SSSR count). The summed E-state index contributed by atoms with van der Waals surface area (Å²) in [5.74, 6) is 2.82. The number of aryl methyl sites for hydroxylation is 1. The average Bonchev–Trinajstić information content (AvgIpc) is 3.60. The molecule has 1 atom stereocenters. The predicted molar refractivity (Wildman–Crippen MR) is 118 cm³/mol. The Kier molecular flexibility index (Phi) is 4.39. The Labute approximate surface area is 186 Å². The lowest BCUT2D eigenvalue weighted by atomic mass is 10.1. The van der Waals surface area contributed by atoms with E-state index in [1.165, 1.54) is 16.8 Å². The van der Waals surface area contributed by atoms with Crippen LogP contribution in [0.4, 0.5) is 0 Å². The molecular formula is C22H18N6O3S. The molecule has 5 heterocycles. The number of hydrogen-bond acceptors (Lipinski definition) is 7. The van der Waals surface area contributed by atoms with Crippen molar-refractivity contribution in [2.24, 2.45) is 5.10 Å². The van der Waals surface area contributed by atoms with Crippen molar-refractivity contribution in [3.8, 4) is 0 Å². The van der Waals surface area contributed by atoms with Gasteiger partial charge in [-0.3, -0.25) is 9.20 Å². The first kappa shape index (κ1) is 18.9. The predicted octanol–water partition coefficient (Wildman–Crippen LogP) is 4.18. The van der Waals surface area contributed by atoms with Crippen molar-refractivity contribution in [3.05, 3.63) is 72.1 Å². The maximum absolute atomic E-state index is 13.2. The number of benzene rings is 1. The number of aromatic nitrogens is 4. The standard InChI is InChI=1S/C22H18N6O3S/c1-13-8-9-18(31-13)15-11-17(19-7-4-10-30-19)28(26-15)20(29)12-32-22-25-24-21-23-14-5-2-3-6-16(14)27(21)22/h2-10,17H,11-12H2,1H3,(H,23,24)/t17-/m0/s1. The molecule has 0 bridgehead atoms. The number of hydrogen-bond donors (Lipinski definition) is 1. The van der Waals surface area contributed by atoms with Crippen LogP contribution in [0.25, 0.3) is 16.8 Å². The molecule has 1 amide bonds. The van der Waals surface area contributed by atoms with Gasteiger partial charge in [0.15, 0.2) is 5.16 Å². The van der Waals surface area contributed by atoms with E-state index in [4.69, 9.17) is 8.83 Å². The third-order valence-corrected chi connectivity index (χ3v) is 6.31. The fraction of sp³-hybridized carbons (Fsp3) is 0.182. The van der Waals surface area contributed by atoms with Gasteiger partial charge in [0.05, 0.1) is 23.0 Å². The Morgan fingerprint density at radius 3 is 2.94 bits per heavy atom. The van der Waals surface area contributed by atoms with E-state index < -0.39 is 0 Å². The van der Waals surface area contributed by atoms with Gasteiger partial charge in [-0.05, 0) is 43.3 Å². The lowest BCUT2D eigenvalue weighted by Crippen LogP contribution is -2.28. The summed E-state index contributed by atoms with van der Waals surface area (Å²) in [5, 5.41) is 14.0. The number of furan rings is 2. The summed E-state index contributed by atoms with van der Waals surface area (Å²) < 4.78 is 13.2. The quantitative estimate of drug-likeness (QED) is 0.406. The van der Waals surface area contributed by atoms with Gasteiger partial charge in [0.1, 0.15) is 29.0 Å². The minimum Gasteiger partial charge on any atom is -0.467 e. The van der Waals surface area contributed by atoms with Crippen molar-refractivity contribution in [2.75, 3.05) is 5.75 Å². The Morgan fingerprint density at radius 2 is 2.12 bits per heavy atom. The van der Waals surface area contributed by atoms with E-state index in [-0.39, 0.29) is 17.7 Å². The van der Waals surface area contributed by atoms with Crippen LogP contribution in [0.1, 0.15) is 29.7 Å². The number of para-hydroxylation sites is 2. The van der Waals surface area contributed by atoms with Crippen molar-refractivity contribution in [1.82, 2.24) is 24.6 Å². The van der Waals surface area contributed by atoms with Crippen molar-refractivity contribution in [1.29, 1.82) is 0 Å². The summed E-state index contributed by atoms with van der Waals surface area (Å²) in [5.41, 5.74) is 2.53. The minimum atomic E-state index is -0.313. The maximum Gasteiger partial charge on any atom is 0.253 e. The van der Waals surface area contributed by atoms with Crippen LogP contribution in [-0.2, 0) is 4.79 Å². The van der Waals surface area contributed by atoms with Crippen LogP contribution in [-0.4, -0.2) is 42.0 Å². The smallest absolute Gasteiger partial charge is 0.253 e. The maximum atomic E-state index is 13.2. The second kappa shape index (κ2) is 7.41. The van der Waals surface area contributed by atoms with Crippen LogP contribution < -0.4 is 0 Å². The highest BCUT2D eigenvalue weighted by Gasteiger charge is 2.36. The van der Waals surface area contributed by atoms with Gasteiger partial charge in [-0.25, -0.2) is 15.1 Å². The molecule has 0 spiro atoms. The molecule has 0 fully saturated rings. The van der Waals surface area contributed by atoms with Crippen molar-refractivity contribution in [3.63, 3.8) is 0 Å². The molecule has 0 unspecified atom stereocenters. The Balaban J connectivity index is 1.27. The highest BCUT2D eigenvalue weighted by Crippen LogP contribution is 2.34. The third-order valence-electron chi connectivity index (χ3n) is 5.39. The number of carbonyl (C=O) groups is 1. The van der Waals surface area contributed by atoms with Gasteiger partial charge < -0.3 is 8.83 Å². The lowest BCUT2D eigenvalue weighted by molar-refractivity contribution is -0.130. The Bertz CT molecular complexity index is 1460. The second-order valence-electron chi connectivity index (χ2n) is 7.49. The van der Waals surface area contributed by atoms with Gasteiger partial charge in [-0.15, -0.1) is 5.10 Å². The van der Waals surface area contributed by atoms with Crippen LogP contribution >= 0.6 is 11.8 Å².